The molecule has 0 aliphatic rings. The Hall–Kier alpha value is -4.34. The largest absolute Gasteiger partial charge is 0.492 e. The summed E-state index contributed by atoms with van der Waals surface area (Å²) in [5, 5.41) is 0. The third-order valence-electron chi connectivity index (χ3n) is 4.65. The number of esters is 2. The molecule has 2 rings (SSSR count). The van der Waals surface area contributed by atoms with Gasteiger partial charge in [-0.05, 0) is 37.1 Å². The SMILES string of the molecule is C#Cc1ccc(C#Cc2cc(OCCCC(=O)OC)c(C#C)cc2OCCCC(=O)OC)cc1. The molecule has 2 aromatic carbocycles. The van der Waals surface area contributed by atoms with Crippen LogP contribution in [-0.2, 0) is 19.1 Å². The molecule has 2 aromatic rings. The van der Waals surface area contributed by atoms with Crippen molar-refractivity contribution in [2.24, 2.45) is 0 Å². The summed E-state index contributed by atoms with van der Waals surface area (Å²) in [5.74, 6) is 11.7. The Bertz CT molecular complexity index is 1140. The van der Waals surface area contributed by atoms with Crippen LogP contribution in [0.25, 0.3) is 0 Å². The van der Waals surface area contributed by atoms with Crippen LogP contribution in [0.3, 0.4) is 0 Å². The summed E-state index contributed by atoms with van der Waals surface area (Å²) >= 11 is 0. The second kappa shape index (κ2) is 13.9. The summed E-state index contributed by atoms with van der Waals surface area (Å²) in [6, 6.07) is 10.7. The van der Waals surface area contributed by atoms with E-state index in [1.807, 2.05) is 24.3 Å². The molecule has 6 heteroatoms. The van der Waals surface area contributed by atoms with E-state index in [4.69, 9.17) is 22.3 Å². The highest BCUT2D eigenvalue weighted by Gasteiger charge is 2.11. The van der Waals surface area contributed by atoms with Crippen LogP contribution in [0, 0.1) is 36.5 Å². The summed E-state index contributed by atoms with van der Waals surface area (Å²) in [5.41, 5.74) is 2.60. The Morgan fingerprint density at radius 3 is 1.74 bits per heavy atom. The maximum atomic E-state index is 11.3. The van der Waals surface area contributed by atoms with Crippen LogP contribution >= 0.6 is 0 Å². The van der Waals surface area contributed by atoms with Crippen LogP contribution in [-0.4, -0.2) is 39.4 Å². The van der Waals surface area contributed by atoms with Gasteiger partial charge in [-0.15, -0.1) is 12.8 Å². The van der Waals surface area contributed by atoms with Crippen molar-refractivity contribution in [2.75, 3.05) is 27.4 Å². The second-order valence-corrected chi connectivity index (χ2v) is 7.02. The van der Waals surface area contributed by atoms with Crippen molar-refractivity contribution in [1.29, 1.82) is 0 Å². The fourth-order valence-corrected chi connectivity index (χ4v) is 2.80. The second-order valence-electron chi connectivity index (χ2n) is 7.02. The first-order valence-corrected chi connectivity index (χ1v) is 10.6. The lowest BCUT2D eigenvalue weighted by molar-refractivity contribution is -0.141. The normalized spacial score (nSPS) is 9.53. The van der Waals surface area contributed by atoms with Crippen LogP contribution in [0.1, 0.15) is 47.9 Å². The van der Waals surface area contributed by atoms with Gasteiger partial charge < -0.3 is 18.9 Å². The lowest BCUT2D eigenvalue weighted by atomic mass is 10.1. The van der Waals surface area contributed by atoms with Crippen molar-refractivity contribution >= 4 is 11.9 Å². The van der Waals surface area contributed by atoms with Crippen LogP contribution < -0.4 is 9.47 Å². The van der Waals surface area contributed by atoms with E-state index in [-0.39, 0.29) is 38.0 Å². The molecule has 0 aliphatic heterocycles. The maximum absolute atomic E-state index is 11.3. The van der Waals surface area contributed by atoms with Gasteiger partial charge >= 0.3 is 11.9 Å². The zero-order valence-electron chi connectivity index (χ0n) is 19.3. The highest BCUT2D eigenvalue weighted by atomic mass is 16.5. The summed E-state index contributed by atoms with van der Waals surface area (Å²) in [6.45, 7) is 0.563. The number of carbonyl (C=O) groups excluding carboxylic acids is 2. The van der Waals surface area contributed by atoms with E-state index in [2.05, 4.69) is 33.2 Å². The fourth-order valence-electron chi connectivity index (χ4n) is 2.80. The highest BCUT2D eigenvalue weighted by molar-refractivity contribution is 5.69. The lowest BCUT2D eigenvalue weighted by Crippen LogP contribution is -2.07. The molecule has 174 valence electrons. The number of ether oxygens (including phenoxy) is 4. The monoisotopic (exact) mass is 458 g/mol. The van der Waals surface area contributed by atoms with Crippen LogP contribution in [0.5, 0.6) is 11.5 Å². The molecule has 0 unspecified atom stereocenters. The molecule has 6 nitrogen and oxygen atoms in total. The van der Waals surface area contributed by atoms with Gasteiger partial charge in [0.2, 0.25) is 0 Å². The van der Waals surface area contributed by atoms with Gasteiger partial charge in [0.15, 0.2) is 0 Å². The van der Waals surface area contributed by atoms with E-state index in [1.165, 1.54) is 14.2 Å². The van der Waals surface area contributed by atoms with E-state index in [0.717, 1.165) is 11.1 Å². The van der Waals surface area contributed by atoms with Crippen molar-refractivity contribution in [3.05, 3.63) is 58.7 Å². The molecule has 0 heterocycles. The van der Waals surface area contributed by atoms with Crippen LogP contribution in [0.15, 0.2) is 36.4 Å². The fraction of sp³-hybridized carbons (Fsp3) is 0.286. The third kappa shape index (κ3) is 8.30. The van der Waals surface area contributed by atoms with Gasteiger partial charge in [0.1, 0.15) is 11.5 Å². The van der Waals surface area contributed by atoms with Gasteiger partial charge in [-0.1, -0.05) is 23.7 Å². The molecule has 0 aromatic heterocycles. The van der Waals surface area contributed by atoms with Gasteiger partial charge in [0.25, 0.3) is 0 Å². The third-order valence-corrected chi connectivity index (χ3v) is 4.65. The lowest BCUT2D eigenvalue weighted by Gasteiger charge is -2.13. The van der Waals surface area contributed by atoms with Crippen molar-refractivity contribution in [2.45, 2.75) is 25.7 Å². The quantitative estimate of drug-likeness (QED) is 0.307. The summed E-state index contributed by atoms with van der Waals surface area (Å²) in [7, 11) is 2.69. The Morgan fingerprint density at radius 1 is 0.735 bits per heavy atom. The van der Waals surface area contributed by atoms with Crippen LogP contribution in [0.4, 0.5) is 0 Å². The Balaban J connectivity index is 2.26. The zero-order valence-corrected chi connectivity index (χ0v) is 19.3. The number of hydrogen-bond acceptors (Lipinski definition) is 6. The predicted molar refractivity (Wildman–Crippen MR) is 128 cm³/mol. The maximum Gasteiger partial charge on any atom is 0.305 e. The molecule has 0 spiro atoms. The zero-order chi connectivity index (χ0) is 24.8. The number of methoxy groups -OCH3 is 2. The molecule has 0 bridgehead atoms. The van der Waals surface area contributed by atoms with Crippen molar-refractivity contribution < 1.29 is 28.5 Å². The summed E-state index contributed by atoms with van der Waals surface area (Å²) in [6.07, 6.45) is 12.5. The van der Waals surface area contributed by atoms with Gasteiger partial charge in [0.05, 0.1) is 38.6 Å². The molecular weight excluding hydrogens is 432 g/mol. The van der Waals surface area contributed by atoms with E-state index in [0.29, 0.717) is 35.5 Å². The smallest absolute Gasteiger partial charge is 0.305 e. The van der Waals surface area contributed by atoms with Gasteiger partial charge in [-0.25, -0.2) is 0 Å². The molecule has 0 fully saturated rings. The minimum atomic E-state index is -0.307. The first kappa shape index (κ1) is 25.9. The first-order chi connectivity index (χ1) is 16.5. The molecule has 0 saturated carbocycles. The van der Waals surface area contributed by atoms with Crippen molar-refractivity contribution in [1.82, 2.24) is 0 Å². The highest BCUT2D eigenvalue weighted by Crippen LogP contribution is 2.29. The van der Waals surface area contributed by atoms with E-state index < -0.39 is 0 Å². The number of terminal acetylenes is 2. The number of hydrogen-bond donors (Lipinski definition) is 0. The molecule has 0 atom stereocenters. The topological polar surface area (TPSA) is 71.1 Å². The first-order valence-electron chi connectivity index (χ1n) is 10.6. The number of rotatable bonds is 10. The molecule has 0 amide bonds. The number of benzene rings is 2. The Morgan fingerprint density at radius 2 is 1.24 bits per heavy atom. The van der Waals surface area contributed by atoms with Crippen molar-refractivity contribution in [3.63, 3.8) is 0 Å². The molecular formula is C28H26O6. The minimum absolute atomic E-state index is 0.239. The molecule has 34 heavy (non-hydrogen) atoms. The van der Waals surface area contributed by atoms with E-state index >= 15 is 0 Å². The van der Waals surface area contributed by atoms with Gasteiger partial charge in [0, 0.05) is 36.1 Å². The standard InChI is InChI=1S/C28H26O6/c1-5-21-11-13-22(14-12-21)15-16-24-20-25(33-17-7-9-27(29)31-3)23(6-2)19-26(24)34-18-8-10-28(30)32-4/h1-2,11-14,19-20H,7-10,17-18H2,3-4H3. The Kier molecular flexibility index (Phi) is 10.6. The molecule has 0 radical (unpaired) electrons. The molecule has 0 N–H and O–H groups in total. The van der Waals surface area contributed by atoms with E-state index in [9.17, 15) is 9.59 Å². The molecule has 0 aliphatic carbocycles. The number of carbonyl (C=O) groups is 2. The summed E-state index contributed by atoms with van der Waals surface area (Å²) < 4.78 is 21.0. The van der Waals surface area contributed by atoms with Crippen LogP contribution in [0.2, 0.25) is 0 Å². The predicted octanol–water partition coefficient (Wildman–Crippen LogP) is 3.71. The average Bonchev–Trinajstić information content (AvgIpc) is 2.88. The average molecular weight is 459 g/mol. The summed E-state index contributed by atoms with van der Waals surface area (Å²) in [4.78, 5) is 22.6. The van der Waals surface area contributed by atoms with Crippen molar-refractivity contribution in [3.8, 4) is 48.0 Å². The van der Waals surface area contributed by atoms with Gasteiger partial charge in [-0.3, -0.25) is 9.59 Å². The Labute approximate surface area is 200 Å². The minimum Gasteiger partial charge on any atom is -0.492 e. The van der Waals surface area contributed by atoms with Gasteiger partial charge in [-0.2, -0.15) is 0 Å². The molecule has 0 saturated heterocycles. The van der Waals surface area contributed by atoms with E-state index in [1.54, 1.807) is 12.1 Å².